The molecule has 0 saturated heterocycles. The summed E-state index contributed by atoms with van der Waals surface area (Å²) in [7, 11) is -0.531. The molecule has 5 rings (SSSR count). The Morgan fingerprint density at radius 2 is 1.27 bits per heavy atom. The van der Waals surface area contributed by atoms with Crippen molar-refractivity contribution in [2.24, 2.45) is 0 Å². The first kappa shape index (κ1) is 21.6. The van der Waals surface area contributed by atoms with Gasteiger partial charge in [0.15, 0.2) is 6.29 Å². The van der Waals surface area contributed by atoms with Crippen LogP contribution in [0.2, 0.25) is 0 Å². The Labute approximate surface area is 198 Å². The van der Waals surface area contributed by atoms with Gasteiger partial charge in [-0.1, -0.05) is 48.5 Å². The summed E-state index contributed by atoms with van der Waals surface area (Å²) in [6.45, 7) is 5.00. The van der Waals surface area contributed by atoms with Crippen LogP contribution in [-0.2, 0) is 11.3 Å². The molecular weight excluding hydrogens is 428 g/mol. The van der Waals surface area contributed by atoms with Crippen LogP contribution in [0.4, 0.5) is 0 Å². The van der Waals surface area contributed by atoms with Gasteiger partial charge in [0.2, 0.25) is 0 Å². The maximum atomic E-state index is 6.05. The molecule has 0 radical (unpaired) electrons. The summed E-state index contributed by atoms with van der Waals surface area (Å²) < 4.78 is 17.2. The molecule has 1 heterocycles. The zero-order chi connectivity index (χ0) is 22.6. The lowest BCUT2D eigenvalue weighted by molar-refractivity contribution is -0.0613. The Hall–Kier alpha value is -3.21. The van der Waals surface area contributed by atoms with Crippen LogP contribution in [0.3, 0.4) is 0 Å². The van der Waals surface area contributed by atoms with Gasteiger partial charge in [0.25, 0.3) is 0 Å². The lowest BCUT2D eigenvalue weighted by atomic mass is 10.1. The highest BCUT2D eigenvalue weighted by atomic mass is 32.2. The minimum Gasteiger partial charge on any atom is -0.489 e. The zero-order valence-corrected chi connectivity index (χ0v) is 19.8. The Morgan fingerprint density at radius 3 is 1.88 bits per heavy atom. The van der Waals surface area contributed by atoms with Crippen LogP contribution in [0.15, 0.2) is 112 Å². The first-order chi connectivity index (χ1) is 16.2. The van der Waals surface area contributed by atoms with Crippen molar-refractivity contribution in [1.29, 1.82) is 0 Å². The number of hydrogen-bond donors (Lipinski definition) is 1. The second-order valence-corrected chi connectivity index (χ2v) is 10.1. The summed E-state index contributed by atoms with van der Waals surface area (Å²) in [5, 5.41) is 0. The molecule has 0 aromatic heterocycles. The molecule has 4 aromatic rings. The van der Waals surface area contributed by atoms with Crippen LogP contribution in [0.1, 0.15) is 19.4 Å². The van der Waals surface area contributed by atoms with Crippen LogP contribution in [-0.4, -0.2) is 12.9 Å². The van der Waals surface area contributed by atoms with Crippen LogP contribution in [0.25, 0.3) is 11.1 Å². The first-order valence-corrected chi connectivity index (χ1v) is 12.7. The molecule has 0 N–H and O–H groups in total. The van der Waals surface area contributed by atoms with E-state index in [0.29, 0.717) is 13.2 Å². The van der Waals surface area contributed by atoms with Crippen LogP contribution >= 0.6 is 10.9 Å². The fourth-order valence-corrected chi connectivity index (χ4v) is 6.79. The molecule has 1 atom stereocenters. The number of thiol groups is 1. The Morgan fingerprint density at radius 1 is 0.697 bits per heavy atom. The summed E-state index contributed by atoms with van der Waals surface area (Å²) in [6, 6.07) is 34.1. The molecule has 4 aromatic carbocycles. The fraction of sp³-hybridized carbons (Fsp3) is 0.172. The SMILES string of the molecule is CCOC(C)Oc1ccc(COc2ccc([SH]3c4ccccc4-c4ccccc43)cc2)cc1. The van der Waals surface area contributed by atoms with Crippen molar-refractivity contribution in [3.05, 3.63) is 103 Å². The van der Waals surface area contributed by atoms with E-state index in [1.807, 2.05) is 38.1 Å². The molecule has 0 amide bonds. The van der Waals surface area contributed by atoms with Gasteiger partial charge in [-0.25, -0.2) is 0 Å². The van der Waals surface area contributed by atoms with E-state index in [1.165, 1.54) is 25.8 Å². The fourth-order valence-electron chi connectivity index (χ4n) is 4.18. The number of hydrogen-bond acceptors (Lipinski definition) is 3. The van der Waals surface area contributed by atoms with Gasteiger partial charge in [-0.15, -0.1) is 0 Å². The minimum atomic E-state index is -0.531. The van der Waals surface area contributed by atoms with Gasteiger partial charge in [-0.3, -0.25) is 0 Å². The van der Waals surface area contributed by atoms with E-state index in [-0.39, 0.29) is 6.29 Å². The molecule has 1 unspecified atom stereocenters. The molecule has 1 aliphatic rings. The molecule has 0 fully saturated rings. The topological polar surface area (TPSA) is 27.7 Å². The highest BCUT2D eigenvalue weighted by molar-refractivity contribution is 8.17. The second-order valence-electron chi connectivity index (χ2n) is 7.94. The van der Waals surface area contributed by atoms with Crippen molar-refractivity contribution in [3.63, 3.8) is 0 Å². The number of ether oxygens (including phenoxy) is 3. The first-order valence-electron chi connectivity index (χ1n) is 11.3. The Balaban J connectivity index is 1.26. The van der Waals surface area contributed by atoms with Gasteiger partial charge < -0.3 is 14.2 Å². The van der Waals surface area contributed by atoms with E-state index in [4.69, 9.17) is 14.2 Å². The molecule has 3 nitrogen and oxygen atoms in total. The predicted octanol–water partition coefficient (Wildman–Crippen LogP) is 7.49. The van der Waals surface area contributed by atoms with E-state index in [2.05, 4.69) is 72.8 Å². The molecule has 33 heavy (non-hydrogen) atoms. The largest absolute Gasteiger partial charge is 0.489 e. The van der Waals surface area contributed by atoms with Crippen molar-refractivity contribution in [2.45, 2.75) is 41.4 Å². The summed E-state index contributed by atoms with van der Waals surface area (Å²) in [4.78, 5) is 4.21. The van der Waals surface area contributed by atoms with E-state index < -0.39 is 10.9 Å². The summed E-state index contributed by atoms with van der Waals surface area (Å²) in [5.41, 5.74) is 3.82. The third kappa shape index (κ3) is 4.63. The third-order valence-electron chi connectivity index (χ3n) is 5.71. The van der Waals surface area contributed by atoms with Crippen LogP contribution < -0.4 is 9.47 Å². The lowest BCUT2D eigenvalue weighted by Crippen LogP contribution is -2.15. The van der Waals surface area contributed by atoms with E-state index in [9.17, 15) is 0 Å². The van der Waals surface area contributed by atoms with Crippen molar-refractivity contribution < 1.29 is 14.2 Å². The zero-order valence-electron chi connectivity index (χ0n) is 18.9. The highest BCUT2D eigenvalue weighted by Crippen LogP contribution is 2.62. The maximum absolute atomic E-state index is 6.05. The molecule has 4 heteroatoms. The van der Waals surface area contributed by atoms with Crippen LogP contribution in [0, 0.1) is 0 Å². The van der Waals surface area contributed by atoms with Crippen molar-refractivity contribution >= 4 is 10.9 Å². The summed E-state index contributed by atoms with van der Waals surface area (Å²) >= 11 is 0. The van der Waals surface area contributed by atoms with Gasteiger partial charge in [-0.05, 0) is 84.0 Å². The second kappa shape index (κ2) is 9.74. The molecular formula is C29H28O3S. The molecule has 1 aliphatic heterocycles. The lowest BCUT2D eigenvalue weighted by Gasteiger charge is -2.19. The number of fused-ring (bicyclic) bond motifs is 3. The standard InChI is InChI=1S/C29H28O3S/c1-3-30-21(2)32-24-14-12-22(13-15-24)20-31-23-16-18-25(19-17-23)33-28-10-6-4-8-26(28)27-9-5-7-11-29(27)33/h4-19,21,33H,3,20H2,1-2H3. The normalized spacial score (nSPS) is 13.8. The smallest absolute Gasteiger partial charge is 0.196 e. The number of benzene rings is 4. The summed E-state index contributed by atoms with van der Waals surface area (Å²) in [5.74, 6) is 1.67. The monoisotopic (exact) mass is 456 g/mol. The summed E-state index contributed by atoms with van der Waals surface area (Å²) in [6.07, 6.45) is -0.254. The van der Waals surface area contributed by atoms with Gasteiger partial charge >= 0.3 is 0 Å². The molecule has 0 bridgehead atoms. The molecule has 168 valence electrons. The van der Waals surface area contributed by atoms with E-state index in [1.54, 1.807) is 0 Å². The highest BCUT2D eigenvalue weighted by Gasteiger charge is 2.26. The third-order valence-corrected chi connectivity index (χ3v) is 8.27. The average molecular weight is 457 g/mol. The Bertz CT molecular complexity index is 1170. The van der Waals surface area contributed by atoms with E-state index in [0.717, 1.165) is 17.1 Å². The molecule has 0 aliphatic carbocycles. The van der Waals surface area contributed by atoms with Gasteiger partial charge in [-0.2, -0.15) is 10.9 Å². The molecule has 0 spiro atoms. The van der Waals surface area contributed by atoms with Crippen molar-refractivity contribution in [2.75, 3.05) is 6.61 Å². The van der Waals surface area contributed by atoms with E-state index >= 15 is 0 Å². The number of rotatable bonds is 8. The predicted molar refractivity (Wildman–Crippen MR) is 135 cm³/mol. The maximum Gasteiger partial charge on any atom is 0.196 e. The average Bonchev–Trinajstić information content (AvgIpc) is 3.19. The minimum absolute atomic E-state index is 0.254. The van der Waals surface area contributed by atoms with Crippen molar-refractivity contribution in [1.82, 2.24) is 0 Å². The van der Waals surface area contributed by atoms with Gasteiger partial charge in [0.1, 0.15) is 18.1 Å². The van der Waals surface area contributed by atoms with Gasteiger partial charge in [0, 0.05) is 16.4 Å². The molecule has 0 saturated carbocycles. The van der Waals surface area contributed by atoms with Gasteiger partial charge in [0.05, 0.1) is 0 Å². The van der Waals surface area contributed by atoms with Crippen molar-refractivity contribution in [3.8, 4) is 22.6 Å². The quantitative estimate of drug-likeness (QED) is 0.194. The van der Waals surface area contributed by atoms with Crippen LogP contribution in [0.5, 0.6) is 11.5 Å². The Kier molecular flexibility index (Phi) is 6.38.